The fraction of sp³-hybridized carbons (Fsp3) is 0.455. The van der Waals surface area contributed by atoms with Gasteiger partial charge in [-0.2, -0.15) is 0 Å². The van der Waals surface area contributed by atoms with Gasteiger partial charge in [-0.05, 0) is 42.5 Å². The monoisotopic (exact) mass is 416 g/mol. The number of fused-ring (bicyclic) bond motifs is 5. The first-order valence-electron chi connectivity index (χ1n) is 9.79. The minimum atomic E-state index is -1.41. The highest BCUT2D eigenvalue weighted by molar-refractivity contribution is 5.89. The number of rotatable bonds is 2. The first-order valence-corrected chi connectivity index (χ1v) is 9.79. The normalized spacial score (nSPS) is 25.8. The summed E-state index contributed by atoms with van der Waals surface area (Å²) in [6.07, 6.45) is -0.724. The summed E-state index contributed by atoms with van der Waals surface area (Å²) >= 11 is 0. The van der Waals surface area contributed by atoms with E-state index < -0.39 is 11.7 Å². The minimum Gasteiger partial charge on any atom is -0.492 e. The van der Waals surface area contributed by atoms with Crippen molar-refractivity contribution in [1.82, 2.24) is 0 Å². The molecule has 0 amide bonds. The molecule has 2 aromatic rings. The Morgan fingerprint density at radius 3 is 2.10 bits per heavy atom. The minimum absolute atomic E-state index is 0.0443. The number of hydrogen-bond donors (Lipinski definition) is 2. The molecule has 1 unspecified atom stereocenters. The largest absolute Gasteiger partial charge is 0.492 e. The SMILES string of the molecule is COc1c2c(cc3c1-c1c(cc4c(c1OC)OCO4)[C@H](O)[C@@](C)(O)C(C)C3)OCO2. The van der Waals surface area contributed by atoms with E-state index in [1.807, 2.05) is 13.0 Å². The van der Waals surface area contributed by atoms with E-state index in [9.17, 15) is 10.2 Å². The molecule has 0 bridgehead atoms. The van der Waals surface area contributed by atoms with E-state index in [2.05, 4.69) is 0 Å². The van der Waals surface area contributed by atoms with E-state index in [1.165, 1.54) is 7.11 Å². The van der Waals surface area contributed by atoms with Crippen molar-refractivity contribution in [2.45, 2.75) is 32.0 Å². The maximum absolute atomic E-state index is 11.3. The molecule has 2 aromatic carbocycles. The summed E-state index contributed by atoms with van der Waals surface area (Å²) in [5.41, 5.74) is 1.23. The van der Waals surface area contributed by atoms with E-state index in [-0.39, 0.29) is 19.5 Å². The van der Waals surface area contributed by atoms with Gasteiger partial charge >= 0.3 is 0 Å². The van der Waals surface area contributed by atoms with Gasteiger partial charge in [-0.15, -0.1) is 0 Å². The number of hydrogen-bond acceptors (Lipinski definition) is 8. The molecule has 30 heavy (non-hydrogen) atoms. The Labute approximate surface area is 173 Å². The molecule has 0 fully saturated rings. The molecule has 0 radical (unpaired) electrons. The smallest absolute Gasteiger partial charge is 0.231 e. The zero-order chi connectivity index (χ0) is 21.2. The Hall–Kier alpha value is -2.84. The summed E-state index contributed by atoms with van der Waals surface area (Å²) in [6, 6.07) is 3.60. The number of aliphatic hydroxyl groups is 2. The summed E-state index contributed by atoms with van der Waals surface area (Å²) < 4.78 is 34.0. The van der Waals surface area contributed by atoms with E-state index >= 15 is 0 Å². The van der Waals surface area contributed by atoms with Crippen molar-refractivity contribution in [3.05, 3.63) is 23.3 Å². The van der Waals surface area contributed by atoms with Crippen molar-refractivity contribution in [2.24, 2.45) is 5.92 Å². The van der Waals surface area contributed by atoms with Crippen LogP contribution in [0.25, 0.3) is 11.1 Å². The molecule has 2 N–H and O–H groups in total. The molecule has 0 saturated carbocycles. The average molecular weight is 416 g/mol. The number of aliphatic hydroxyl groups excluding tert-OH is 1. The van der Waals surface area contributed by atoms with Crippen LogP contribution in [0.4, 0.5) is 0 Å². The summed E-state index contributed by atoms with van der Waals surface area (Å²) in [6.45, 7) is 3.68. The quantitative estimate of drug-likeness (QED) is 0.772. The summed E-state index contributed by atoms with van der Waals surface area (Å²) in [5, 5.41) is 22.6. The zero-order valence-electron chi connectivity index (χ0n) is 17.3. The van der Waals surface area contributed by atoms with Crippen molar-refractivity contribution in [3.8, 4) is 45.6 Å². The van der Waals surface area contributed by atoms with Crippen LogP contribution in [0.5, 0.6) is 34.5 Å². The van der Waals surface area contributed by atoms with Gasteiger partial charge in [-0.1, -0.05) is 6.92 Å². The predicted molar refractivity (Wildman–Crippen MR) is 106 cm³/mol. The summed E-state index contributed by atoms with van der Waals surface area (Å²) in [7, 11) is 3.09. The topological polar surface area (TPSA) is 95.8 Å². The van der Waals surface area contributed by atoms with Gasteiger partial charge in [0, 0.05) is 11.1 Å². The van der Waals surface area contributed by atoms with Gasteiger partial charge in [-0.3, -0.25) is 0 Å². The average Bonchev–Trinajstić information content (AvgIpc) is 3.39. The lowest BCUT2D eigenvalue weighted by Gasteiger charge is -2.39. The first-order chi connectivity index (χ1) is 14.4. The van der Waals surface area contributed by atoms with Crippen molar-refractivity contribution >= 4 is 0 Å². The lowest BCUT2D eigenvalue weighted by atomic mass is 9.73. The van der Waals surface area contributed by atoms with Gasteiger partial charge < -0.3 is 38.6 Å². The highest BCUT2D eigenvalue weighted by Crippen LogP contribution is 2.59. The van der Waals surface area contributed by atoms with Gasteiger partial charge in [0.25, 0.3) is 0 Å². The zero-order valence-corrected chi connectivity index (χ0v) is 17.3. The first kappa shape index (κ1) is 19.1. The van der Waals surface area contributed by atoms with E-state index in [4.69, 9.17) is 28.4 Å². The van der Waals surface area contributed by atoms with Crippen LogP contribution >= 0.6 is 0 Å². The van der Waals surface area contributed by atoms with Gasteiger partial charge in [0.15, 0.2) is 23.0 Å². The highest BCUT2D eigenvalue weighted by Gasteiger charge is 2.44. The maximum Gasteiger partial charge on any atom is 0.231 e. The molecule has 5 rings (SSSR count). The number of methoxy groups -OCH3 is 2. The third kappa shape index (κ3) is 2.47. The van der Waals surface area contributed by atoms with Gasteiger partial charge in [-0.25, -0.2) is 0 Å². The third-order valence-corrected chi connectivity index (χ3v) is 6.38. The molecule has 0 aromatic heterocycles. The molecular weight excluding hydrogens is 392 g/mol. The Balaban J connectivity index is 1.92. The van der Waals surface area contributed by atoms with Crippen LogP contribution in [0, 0.1) is 5.92 Å². The van der Waals surface area contributed by atoms with Crippen LogP contribution in [0.3, 0.4) is 0 Å². The van der Waals surface area contributed by atoms with E-state index in [0.29, 0.717) is 57.6 Å². The maximum atomic E-state index is 11.3. The molecule has 1 aliphatic carbocycles. The second-order valence-electron chi connectivity index (χ2n) is 8.02. The van der Waals surface area contributed by atoms with Crippen molar-refractivity contribution in [3.63, 3.8) is 0 Å². The van der Waals surface area contributed by atoms with Crippen molar-refractivity contribution < 1.29 is 38.6 Å². The van der Waals surface area contributed by atoms with E-state index in [0.717, 1.165) is 5.56 Å². The van der Waals surface area contributed by atoms with E-state index in [1.54, 1.807) is 20.1 Å². The molecule has 8 nitrogen and oxygen atoms in total. The second kappa shape index (κ2) is 6.58. The third-order valence-electron chi connectivity index (χ3n) is 6.38. The Kier molecular flexibility index (Phi) is 4.20. The standard InChI is InChI=1S/C22H24O8/c1-10-5-11-6-13-17(29-8-27-13)19(25-3)15(11)16-12(21(23)22(10,2)24)7-14-18(20(16)26-4)30-9-28-14/h6-7,10,21,23-24H,5,8-9H2,1-4H3/t10?,21-,22-/m0/s1. The number of ether oxygens (including phenoxy) is 6. The van der Waals surface area contributed by atoms with Gasteiger partial charge in [0.2, 0.25) is 25.1 Å². The summed E-state index contributed by atoms with van der Waals surface area (Å²) in [4.78, 5) is 0. The lowest BCUT2D eigenvalue weighted by molar-refractivity contribution is -0.0988. The molecule has 3 atom stereocenters. The molecular formula is C22H24O8. The van der Waals surface area contributed by atoms with Crippen LogP contribution in [-0.2, 0) is 6.42 Å². The van der Waals surface area contributed by atoms with Gasteiger partial charge in [0.05, 0.1) is 19.8 Å². The second-order valence-corrected chi connectivity index (χ2v) is 8.02. The molecule has 160 valence electrons. The fourth-order valence-electron chi connectivity index (χ4n) is 4.51. The molecule has 8 heteroatoms. The summed E-state index contributed by atoms with van der Waals surface area (Å²) in [5.74, 6) is 2.59. The molecule has 0 spiro atoms. The van der Waals surface area contributed by atoms with Crippen LogP contribution in [0.15, 0.2) is 12.1 Å². The molecule has 2 aliphatic heterocycles. The Morgan fingerprint density at radius 1 is 0.933 bits per heavy atom. The van der Waals surface area contributed by atoms with Crippen molar-refractivity contribution in [1.29, 1.82) is 0 Å². The van der Waals surface area contributed by atoms with Crippen LogP contribution < -0.4 is 28.4 Å². The van der Waals surface area contributed by atoms with Gasteiger partial charge in [0.1, 0.15) is 6.10 Å². The van der Waals surface area contributed by atoms with Crippen molar-refractivity contribution in [2.75, 3.05) is 27.8 Å². The van der Waals surface area contributed by atoms with Crippen LogP contribution in [-0.4, -0.2) is 43.6 Å². The lowest BCUT2D eigenvalue weighted by Crippen LogP contribution is -2.41. The fourth-order valence-corrected chi connectivity index (χ4v) is 4.51. The Morgan fingerprint density at radius 2 is 1.50 bits per heavy atom. The molecule has 2 heterocycles. The van der Waals surface area contributed by atoms with Crippen LogP contribution in [0.1, 0.15) is 31.1 Å². The molecule has 3 aliphatic rings. The Bertz CT molecular complexity index is 1030. The number of benzene rings is 2. The highest BCUT2D eigenvalue weighted by atomic mass is 16.7. The predicted octanol–water partition coefficient (Wildman–Crippen LogP) is 2.80. The van der Waals surface area contributed by atoms with Crippen LogP contribution in [0.2, 0.25) is 0 Å². The molecule has 0 saturated heterocycles.